The molecule has 0 radical (unpaired) electrons. The topological polar surface area (TPSA) is 91.0 Å². The Morgan fingerprint density at radius 2 is 2.14 bits per heavy atom. The number of ether oxygens (including phenoxy) is 1. The Kier molecular flexibility index (Phi) is 6.09. The Bertz CT molecular complexity index is 1110. The average Bonchev–Trinajstić information content (AvgIpc) is 3.10. The van der Waals surface area contributed by atoms with Crippen molar-refractivity contribution in [2.24, 2.45) is 7.05 Å². The molecule has 0 aliphatic heterocycles. The summed E-state index contributed by atoms with van der Waals surface area (Å²) in [6.45, 7) is 2.04. The second-order valence-electron chi connectivity index (χ2n) is 6.49. The summed E-state index contributed by atoms with van der Waals surface area (Å²) >= 11 is 5.88. The first kappa shape index (κ1) is 20.7. The molecule has 3 rings (SSSR count). The zero-order valence-corrected chi connectivity index (χ0v) is 16.8. The molecule has 0 unspecified atom stereocenters. The third-order valence-electron chi connectivity index (χ3n) is 4.10. The molecule has 2 aromatic heterocycles. The van der Waals surface area contributed by atoms with Gasteiger partial charge in [-0.1, -0.05) is 11.6 Å². The van der Waals surface area contributed by atoms with Crippen molar-refractivity contribution in [1.82, 2.24) is 24.9 Å². The van der Waals surface area contributed by atoms with E-state index in [-0.39, 0.29) is 28.9 Å². The van der Waals surface area contributed by atoms with Gasteiger partial charge in [0.1, 0.15) is 17.1 Å². The number of carbonyl (C=O) groups is 1. The number of hydrogen-bond acceptors (Lipinski definition) is 5. The lowest BCUT2D eigenvalue weighted by atomic mass is 10.1. The molecule has 0 aliphatic carbocycles. The van der Waals surface area contributed by atoms with E-state index in [4.69, 9.17) is 16.3 Å². The number of aryl methyl sites for hydroxylation is 1. The van der Waals surface area contributed by atoms with Crippen LogP contribution in [0.5, 0.6) is 0 Å². The van der Waals surface area contributed by atoms with Gasteiger partial charge < -0.3 is 10.1 Å². The highest BCUT2D eigenvalue weighted by Gasteiger charge is 2.20. The predicted molar refractivity (Wildman–Crippen MR) is 106 cm³/mol. The highest BCUT2D eigenvalue weighted by Crippen LogP contribution is 2.24. The molecule has 0 bridgehead atoms. The Morgan fingerprint density at radius 3 is 2.76 bits per heavy atom. The van der Waals surface area contributed by atoms with Crippen LogP contribution in [0.1, 0.15) is 17.3 Å². The van der Waals surface area contributed by atoms with Gasteiger partial charge in [-0.2, -0.15) is 14.9 Å². The number of carbonyl (C=O) groups excluding carboxylic acids is 1. The van der Waals surface area contributed by atoms with Gasteiger partial charge in [0.2, 0.25) is 0 Å². The molecule has 0 aliphatic rings. The van der Waals surface area contributed by atoms with Crippen molar-refractivity contribution in [3.63, 3.8) is 0 Å². The molecular weight excluding hydrogens is 401 g/mol. The van der Waals surface area contributed by atoms with Crippen LogP contribution in [0.2, 0.25) is 5.02 Å². The standard InChI is InChI=1S/C19H19ClFN5O3/c1-11(10-29-3)23-18(27)14-7-17(12-4-5-16(21)15(20)6-12)24-26(19(14)28)13-8-22-25(2)9-13/h4-9,11H,10H2,1-3H3,(H,23,27)/t11-/m0/s1. The van der Waals surface area contributed by atoms with Crippen molar-refractivity contribution in [1.29, 1.82) is 0 Å². The number of benzene rings is 1. The zero-order valence-electron chi connectivity index (χ0n) is 16.0. The van der Waals surface area contributed by atoms with Crippen LogP contribution >= 0.6 is 11.6 Å². The minimum atomic E-state index is -0.614. The third-order valence-corrected chi connectivity index (χ3v) is 4.39. The summed E-state index contributed by atoms with van der Waals surface area (Å²) in [5, 5.41) is 11.0. The van der Waals surface area contributed by atoms with Crippen molar-refractivity contribution in [2.45, 2.75) is 13.0 Å². The molecule has 1 amide bonds. The number of amides is 1. The zero-order chi connectivity index (χ0) is 21.1. The van der Waals surface area contributed by atoms with E-state index in [1.807, 2.05) is 0 Å². The monoisotopic (exact) mass is 419 g/mol. The number of nitrogens with zero attached hydrogens (tertiary/aromatic N) is 4. The molecule has 0 fully saturated rings. The Morgan fingerprint density at radius 1 is 1.38 bits per heavy atom. The van der Waals surface area contributed by atoms with Gasteiger partial charge in [0.15, 0.2) is 0 Å². The fourth-order valence-corrected chi connectivity index (χ4v) is 2.92. The Hall–Kier alpha value is -3.04. The number of aromatic nitrogens is 4. The first-order chi connectivity index (χ1) is 13.8. The summed E-state index contributed by atoms with van der Waals surface area (Å²) in [6.07, 6.45) is 3.04. The summed E-state index contributed by atoms with van der Waals surface area (Å²) < 4.78 is 21.2. The predicted octanol–water partition coefficient (Wildman–Crippen LogP) is 2.19. The molecule has 0 spiro atoms. The van der Waals surface area contributed by atoms with Gasteiger partial charge in [0.05, 0.1) is 29.7 Å². The SMILES string of the molecule is COC[C@H](C)NC(=O)c1cc(-c2ccc(F)c(Cl)c2)nn(-c2cnn(C)c2)c1=O. The molecule has 3 aromatic rings. The first-order valence-electron chi connectivity index (χ1n) is 8.68. The van der Waals surface area contributed by atoms with Crippen LogP contribution in [0, 0.1) is 5.82 Å². The fourth-order valence-electron chi connectivity index (χ4n) is 2.74. The van der Waals surface area contributed by atoms with Gasteiger partial charge in [-0.25, -0.2) is 4.39 Å². The highest BCUT2D eigenvalue weighted by molar-refractivity contribution is 6.31. The van der Waals surface area contributed by atoms with Crippen molar-refractivity contribution in [2.75, 3.05) is 13.7 Å². The van der Waals surface area contributed by atoms with Gasteiger partial charge in [-0.3, -0.25) is 14.3 Å². The minimum Gasteiger partial charge on any atom is -0.383 e. The van der Waals surface area contributed by atoms with Gasteiger partial charge in [-0.05, 0) is 31.2 Å². The van der Waals surface area contributed by atoms with Crippen LogP contribution in [-0.4, -0.2) is 45.2 Å². The molecule has 10 heteroatoms. The second kappa shape index (κ2) is 8.54. The molecule has 1 aromatic carbocycles. The summed E-state index contributed by atoms with van der Waals surface area (Å²) in [5.74, 6) is -1.16. The maximum Gasteiger partial charge on any atom is 0.284 e. The number of halogens is 2. The molecule has 1 atom stereocenters. The molecule has 8 nitrogen and oxygen atoms in total. The van der Waals surface area contributed by atoms with Gasteiger partial charge in [-0.15, -0.1) is 0 Å². The van der Waals surface area contributed by atoms with Gasteiger partial charge in [0.25, 0.3) is 11.5 Å². The average molecular weight is 420 g/mol. The van der Waals surface area contributed by atoms with Crippen LogP contribution in [-0.2, 0) is 11.8 Å². The normalized spacial score (nSPS) is 12.0. The van der Waals surface area contributed by atoms with Gasteiger partial charge >= 0.3 is 0 Å². The third kappa shape index (κ3) is 4.52. The van der Waals surface area contributed by atoms with Crippen molar-refractivity contribution in [3.8, 4) is 16.9 Å². The maximum absolute atomic E-state index is 13.6. The van der Waals surface area contributed by atoms with Crippen molar-refractivity contribution < 1.29 is 13.9 Å². The lowest BCUT2D eigenvalue weighted by Gasteiger charge is -2.14. The summed E-state index contributed by atoms with van der Waals surface area (Å²) in [4.78, 5) is 25.7. The van der Waals surface area contributed by atoms with E-state index in [2.05, 4.69) is 15.5 Å². The van der Waals surface area contributed by atoms with Crippen molar-refractivity contribution >= 4 is 17.5 Å². The van der Waals surface area contributed by atoms with E-state index >= 15 is 0 Å². The summed E-state index contributed by atoms with van der Waals surface area (Å²) in [6, 6.07) is 5.09. The van der Waals surface area contributed by atoms with Gasteiger partial charge in [0, 0.05) is 25.8 Å². The Labute approximate surface area is 170 Å². The van der Waals surface area contributed by atoms with Crippen LogP contribution in [0.25, 0.3) is 16.9 Å². The van der Waals surface area contributed by atoms with E-state index in [0.717, 1.165) is 4.68 Å². The van der Waals surface area contributed by atoms with Crippen LogP contribution < -0.4 is 10.9 Å². The van der Waals surface area contributed by atoms with E-state index < -0.39 is 17.3 Å². The van der Waals surface area contributed by atoms with E-state index in [1.165, 1.54) is 42.3 Å². The smallest absolute Gasteiger partial charge is 0.284 e. The highest BCUT2D eigenvalue weighted by atomic mass is 35.5. The molecule has 0 saturated carbocycles. The van der Waals surface area contributed by atoms with Crippen LogP contribution in [0.3, 0.4) is 0 Å². The number of hydrogen-bond donors (Lipinski definition) is 1. The molecule has 0 saturated heterocycles. The van der Waals surface area contributed by atoms with E-state index in [0.29, 0.717) is 11.3 Å². The second-order valence-corrected chi connectivity index (χ2v) is 6.90. The van der Waals surface area contributed by atoms with Crippen LogP contribution in [0.15, 0.2) is 41.5 Å². The molecule has 2 heterocycles. The lowest BCUT2D eigenvalue weighted by molar-refractivity contribution is 0.0903. The van der Waals surface area contributed by atoms with E-state index in [1.54, 1.807) is 20.2 Å². The number of methoxy groups -OCH3 is 1. The fraction of sp³-hybridized carbons (Fsp3) is 0.263. The largest absolute Gasteiger partial charge is 0.383 e. The molecular formula is C19H19ClFN5O3. The molecule has 29 heavy (non-hydrogen) atoms. The molecule has 152 valence electrons. The van der Waals surface area contributed by atoms with Crippen LogP contribution in [0.4, 0.5) is 4.39 Å². The quantitative estimate of drug-likeness (QED) is 0.661. The number of nitrogens with one attached hydrogen (secondary N) is 1. The Balaban J connectivity index is 2.15. The summed E-state index contributed by atoms with van der Waals surface area (Å²) in [7, 11) is 3.21. The minimum absolute atomic E-state index is 0.0943. The number of rotatable bonds is 6. The molecule has 1 N–H and O–H groups in total. The maximum atomic E-state index is 13.6. The lowest BCUT2D eigenvalue weighted by Crippen LogP contribution is -2.39. The van der Waals surface area contributed by atoms with E-state index in [9.17, 15) is 14.0 Å². The van der Waals surface area contributed by atoms with Crippen molar-refractivity contribution in [3.05, 3.63) is 63.4 Å². The first-order valence-corrected chi connectivity index (χ1v) is 9.06. The summed E-state index contributed by atoms with van der Waals surface area (Å²) in [5.41, 5.74) is 0.374.